The third-order valence-electron chi connectivity index (χ3n) is 4.67. The van der Waals surface area contributed by atoms with E-state index in [-0.39, 0.29) is 15.6 Å². The number of hydrogen-bond acceptors (Lipinski definition) is 5. The molecule has 1 aliphatic heterocycles. The maximum Gasteiger partial charge on any atom is 0.283 e. The molecule has 1 heterocycles. The lowest BCUT2D eigenvalue weighted by Gasteiger charge is -2.16. The van der Waals surface area contributed by atoms with Gasteiger partial charge in [-0.3, -0.25) is 9.59 Å². The second-order valence-corrected chi connectivity index (χ2v) is 8.81. The lowest BCUT2D eigenvalue weighted by molar-refractivity contribution is -0.120. The zero-order chi connectivity index (χ0) is 23.5. The monoisotopic (exact) mass is 502 g/mol. The number of halogens is 3. The fraction of sp³-hybridized carbons (Fsp3) is 0.0833. The standard InChI is InChI=1S/C24H17Cl2FN2O3S/c1-2-32-17-8-6-16(7-9-17)29-23(30)21(28-15-5-12-20(27)19(26)13-15)22(24(29)31)33-18-10-3-14(25)4-11-18/h3-13,28H,2H2,1H3. The van der Waals surface area contributed by atoms with Crippen LogP contribution in [-0.2, 0) is 9.59 Å². The maximum absolute atomic E-state index is 13.6. The third-order valence-corrected chi connectivity index (χ3v) is 6.30. The molecule has 33 heavy (non-hydrogen) atoms. The molecule has 0 saturated carbocycles. The van der Waals surface area contributed by atoms with Crippen molar-refractivity contribution in [3.05, 3.63) is 93.2 Å². The van der Waals surface area contributed by atoms with Gasteiger partial charge in [0.05, 0.1) is 17.3 Å². The second-order valence-electron chi connectivity index (χ2n) is 6.89. The van der Waals surface area contributed by atoms with Gasteiger partial charge in [-0.25, -0.2) is 9.29 Å². The van der Waals surface area contributed by atoms with Crippen LogP contribution >= 0.6 is 35.0 Å². The zero-order valence-corrected chi connectivity index (χ0v) is 19.6. The summed E-state index contributed by atoms with van der Waals surface area (Å²) in [5.74, 6) is -0.985. The van der Waals surface area contributed by atoms with Crippen molar-refractivity contribution in [3.63, 3.8) is 0 Å². The molecule has 4 rings (SSSR count). The predicted molar refractivity (Wildman–Crippen MR) is 129 cm³/mol. The number of benzene rings is 3. The van der Waals surface area contributed by atoms with E-state index < -0.39 is 17.6 Å². The Hall–Kier alpha value is -3.00. The quantitative estimate of drug-likeness (QED) is 0.372. The van der Waals surface area contributed by atoms with Gasteiger partial charge in [0.15, 0.2) is 0 Å². The summed E-state index contributed by atoms with van der Waals surface area (Å²) in [6, 6.07) is 17.5. The fourth-order valence-electron chi connectivity index (χ4n) is 3.15. The number of imide groups is 1. The van der Waals surface area contributed by atoms with E-state index in [0.29, 0.717) is 28.8 Å². The molecule has 0 bridgehead atoms. The summed E-state index contributed by atoms with van der Waals surface area (Å²) in [5.41, 5.74) is 0.841. The van der Waals surface area contributed by atoms with Crippen molar-refractivity contribution in [2.75, 3.05) is 16.8 Å². The minimum atomic E-state index is -0.586. The SMILES string of the molecule is CCOc1ccc(N2C(=O)C(Nc3ccc(F)c(Cl)c3)=C(Sc3ccc(Cl)cc3)C2=O)cc1. The average Bonchev–Trinajstić information content (AvgIpc) is 3.02. The van der Waals surface area contributed by atoms with Crippen molar-refractivity contribution in [2.45, 2.75) is 11.8 Å². The molecule has 168 valence electrons. The van der Waals surface area contributed by atoms with Crippen LogP contribution in [0.1, 0.15) is 6.92 Å². The molecular weight excluding hydrogens is 486 g/mol. The van der Waals surface area contributed by atoms with Crippen LogP contribution in [0.4, 0.5) is 15.8 Å². The van der Waals surface area contributed by atoms with Crippen LogP contribution < -0.4 is 15.0 Å². The minimum Gasteiger partial charge on any atom is -0.494 e. The van der Waals surface area contributed by atoms with Crippen LogP contribution in [-0.4, -0.2) is 18.4 Å². The van der Waals surface area contributed by atoms with Crippen LogP contribution in [0.3, 0.4) is 0 Å². The lowest BCUT2D eigenvalue weighted by Crippen LogP contribution is -2.32. The maximum atomic E-state index is 13.6. The third kappa shape index (κ3) is 5.00. The summed E-state index contributed by atoms with van der Waals surface area (Å²) in [5, 5.41) is 3.40. The van der Waals surface area contributed by atoms with Crippen LogP contribution in [0.15, 0.2) is 82.2 Å². The predicted octanol–water partition coefficient (Wildman–Crippen LogP) is 6.52. The summed E-state index contributed by atoms with van der Waals surface area (Å²) in [6.45, 7) is 2.37. The van der Waals surface area contributed by atoms with Crippen LogP contribution in [0.5, 0.6) is 5.75 Å². The molecule has 1 N–H and O–H groups in total. The highest BCUT2D eigenvalue weighted by atomic mass is 35.5. The second kappa shape index (κ2) is 9.87. The molecule has 0 aromatic heterocycles. The van der Waals surface area contributed by atoms with Crippen molar-refractivity contribution >= 4 is 58.2 Å². The summed E-state index contributed by atoms with van der Waals surface area (Å²) < 4.78 is 19.0. The Morgan fingerprint density at radius 3 is 2.30 bits per heavy atom. The van der Waals surface area contributed by atoms with Gasteiger partial charge in [0, 0.05) is 15.6 Å². The number of carbonyl (C=O) groups excluding carboxylic acids is 2. The Morgan fingerprint density at radius 1 is 0.970 bits per heavy atom. The van der Waals surface area contributed by atoms with Gasteiger partial charge in [-0.1, -0.05) is 35.0 Å². The number of anilines is 2. The highest BCUT2D eigenvalue weighted by Crippen LogP contribution is 2.38. The van der Waals surface area contributed by atoms with E-state index in [4.69, 9.17) is 27.9 Å². The van der Waals surface area contributed by atoms with Crippen LogP contribution in [0.25, 0.3) is 0 Å². The minimum absolute atomic E-state index is 0.0662. The van der Waals surface area contributed by atoms with Gasteiger partial charge in [0.2, 0.25) is 0 Å². The van der Waals surface area contributed by atoms with Crippen molar-refractivity contribution in [3.8, 4) is 5.75 Å². The summed E-state index contributed by atoms with van der Waals surface area (Å²) in [7, 11) is 0. The largest absolute Gasteiger partial charge is 0.494 e. The van der Waals surface area contributed by atoms with Gasteiger partial charge >= 0.3 is 0 Å². The molecule has 3 aromatic rings. The molecule has 0 aliphatic carbocycles. The molecule has 9 heteroatoms. The average molecular weight is 503 g/mol. The summed E-state index contributed by atoms with van der Waals surface area (Å²) in [6.07, 6.45) is 0. The number of nitrogens with one attached hydrogen (secondary N) is 1. The van der Waals surface area contributed by atoms with Gasteiger partial charge in [-0.15, -0.1) is 0 Å². The molecule has 0 fully saturated rings. The Kier molecular flexibility index (Phi) is 6.93. The first kappa shape index (κ1) is 23.2. The number of hydrogen-bond donors (Lipinski definition) is 1. The fourth-order valence-corrected chi connectivity index (χ4v) is 4.38. The van der Waals surface area contributed by atoms with Crippen LogP contribution in [0.2, 0.25) is 10.0 Å². The van der Waals surface area contributed by atoms with Crippen molar-refractivity contribution < 1.29 is 18.7 Å². The van der Waals surface area contributed by atoms with E-state index in [9.17, 15) is 14.0 Å². The Bertz CT molecular complexity index is 1250. The van der Waals surface area contributed by atoms with E-state index in [1.807, 2.05) is 6.92 Å². The molecule has 3 aromatic carbocycles. The zero-order valence-electron chi connectivity index (χ0n) is 17.3. The molecule has 0 saturated heterocycles. The summed E-state index contributed by atoms with van der Waals surface area (Å²) in [4.78, 5) is 28.7. The number of thioether (sulfide) groups is 1. The normalized spacial score (nSPS) is 13.6. The molecule has 1 aliphatic rings. The molecule has 0 unspecified atom stereocenters. The van der Waals surface area contributed by atoms with Gasteiger partial charge < -0.3 is 10.1 Å². The lowest BCUT2D eigenvalue weighted by atomic mass is 10.2. The van der Waals surface area contributed by atoms with Crippen LogP contribution in [0, 0.1) is 5.82 Å². The highest BCUT2D eigenvalue weighted by molar-refractivity contribution is 8.04. The number of nitrogens with zero attached hydrogens (tertiary/aromatic N) is 1. The van der Waals surface area contributed by atoms with Crippen molar-refractivity contribution in [2.24, 2.45) is 0 Å². The van der Waals surface area contributed by atoms with E-state index in [0.717, 1.165) is 21.6 Å². The number of rotatable bonds is 7. The molecule has 2 amide bonds. The highest BCUT2D eigenvalue weighted by Gasteiger charge is 2.40. The van der Waals surface area contributed by atoms with E-state index in [2.05, 4.69) is 5.32 Å². The number of ether oxygens (including phenoxy) is 1. The van der Waals surface area contributed by atoms with Crippen molar-refractivity contribution in [1.82, 2.24) is 0 Å². The topological polar surface area (TPSA) is 58.6 Å². The Labute approximate surface area is 204 Å². The Morgan fingerprint density at radius 2 is 1.67 bits per heavy atom. The van der Waals surface area contributed by atoms with Gasteiger partial charge in [0.25, 0.3) is 11.8 Å². The Balaban J connectivity index is 1.71. The molecule has 5 nitrogen and oxygen atoms in total. The first-order chi connectivity index (χ1) is 15.9. The number of carbonyl (C=O) groups is 2. The molecular formula is C24H17Cl2FN2O3S. The molecule has 0 radical (unpaired) electrons. The van der Waals surface area contributed by atoms with Gasteiger partial charge in [-0.2, -0.15) is 0 Å². The van der Waals surface area contributed by atoms with E-state index >= 15 is 0 Å². The first-order valence-corrected chi connectivity index (χ1v) is 11.5. The number of amides is 2. The molecule has 0 atom stereocenters. The van der Waals surface area contributed by atoms with E-state index in [1.165, 1.54) is 18.2 Å². The summed E-state index contributed by atoms with van der Waals surface area (Å²) >= 11 is 13.0. The van der Waals surface area contributed by atoms with Gasteiger partial charge in [-0.05, 0) is 73.7 Å². The molecule has 0 spiro atoms. The smallest absolute Gasteiger partial charge is 0.283 e. The van der Waals surface area contributed by atoms with E-state index in [1.54, 1.807) is 48.5 Å². The van der Waals surface area contributed by atoms with Gasteiger partial charge in [0.1, 0.15) is 22.2 Å². The first-order valence-electron chi connectivity index (χ1n) is 9.88. The van der Waals surface area contributed by atoms with Crippen molar-refractivity contribution in [1.29, 1.82) is 0 Å².